The Balaban J connectivity index is 1.70. The minimum atomic E-state index is -0.174. The highest BCUT2D eigenvalue weighted by molar-refractivity contribution is 5.96. The fraction of sp³-hybridized carbons (Fsp3) is 0.423. The summed E-state index contributed by atoms with van der Waals surface area (Å²) in [7, 11) is 0. The summed E-state index contributed by atoms with van der Waals surface area (Å²) < 4.78 is 0. The standard InChI is InChI=1S/C26H34N4O3/c1-17-7-5-8-18(2)25(17)28-23(32)15-30(14-21-11-12-27-22(31)13-21)16-24(33)29-26-19(3)9-6-10-20(26)4/h5-10,21H,11-16H2,1-4H3,(H,27,31)(H,28,32)(H,29,33). The number of carbonyl (C=O) groups excluding carboxylic acids is 3. The zero-order valence-electron chi connectivity index (χ0n) is 20.0. The molecule has 2 aromatic rings. The van der Waals surface area contributed by atoms with E-state index in [0.717, 1.165) is 40.0 Å². The van der Waals surface area contributed by atoms with E-state index in [1.807, 2.05) is 69.0 Å². The number of benzene rings is 2. The molecule has 1 fully saturated rings. The molecule has 1 saturated heterocycles. The van der Waals surface area contributed by atoms with Crippen LogP contribution in [-0.2, 0) is 14.4 Å². The molecule has 1 atom stereocenters. The second-order valence-corrected chi connectivity index (χ2v) is 9.01. The van der Waals surface area contributed by atoms with Crippen molar-refractivity contribution >= 4 is 29.1 Å². The van der Waals surface area contributed by atoms with Crippen molar-refractivity contribution in [3.8, 4) is 0 Å². The van der Waals surface area contributed by atoms with Crippen LogP contribution in [0.5, 0.6) is 0 Å². The van der Waals surface area contributed by atoms with E-state index in [4.69, 9.17) is 0 Å². The average molecular weight is 451 g/mol. The van der Waals surface area contributed by atoms with Gasteiger partial charge in [-0.3, -0.25) is 19.3 Å². The van der Waals surface area contributed by atoms with Crippen molar-refractivity contribution in [2.75, 3.05) is 36.8 Å². The molecule has 176 valence electrons. The van der Waals surface area contributed by atoms with E-state index in [1.54, 1.807) is 0 Å². The van der Waals surface area contributed by atoms with E-state index < -0.39 is 0 Å². The van der Waals surface area contributed by atoms with Gasteiger partial charge in [-0.25, -0.2) is 0 Å². The summed E-state index contributed by atoms with van der Waals surface area (Å²) in [6.45, 7) is 9.11. The van der Waals surface area contributed by atoms with Gasteiger partial charge in [0.1, 0.15) is 0 Å². The summed E-state index contributed by atoms with van der Waals surface area (Å²) in [6, 6.07) is 11.7. The van der Waals surface area contributed by atoms with Crippen molar-refractivity contribution in [3.05, 3.63) is 58.7 Å². The van der Waals surface area contributed by atoms with Gasteiger partial charge in [-0.2, -0.15) is 0 Å². The quantitative estimate of drug-likeness (QED) is 0.575. The molecule has 1 heterocycles. The molecule has 1 unspecified atom stereocenters. The molecule has 1 aliphatic rings. The van der Waals surface area contributed by atoms with Gasteiger partial charge in [-0.1, -0.05) is 36.4 Å². The Kier molecular flexibility index (Phi) is 8.22. The number of nitrogens with zero attached hydrogens (tertiary/aromatic N) is 1. The zero-order chi connectivity index (χ0) is 24.0. The molecule has 33 heavy (non-hydrogen) atoms. The molecule has 7 heteroatoms. The predicted octanol–water partition coefficient (Wildman–Crippen LogP) is 3.33. The van der Waals surface area contributed by atoms with Gasteiger partial charge in [-0.05, 0) is 62.3 Å². The van der Waals surface area contributed by atoms with Gasteiger partial charge in [0.2, 0.25) is 17.7 Å². The summed E-state index contributed by atoms with van der Waals surface area (Å²) in [6.07, 6.45) is 1.24. The third-order valence-corrected chi connectivity index (χ3v) is 6.09. The van der Waals surface area contributed by atoms with E-state index in [9.17, 15) is 14.4 Å². The molecule has 0 saturated carbocycles. The Morgan fingerprint density at radius 2 is 1.33 bits per heavy atom. The van der Waals surface area contributed by atoms with Crippen LogP contribution >= 0.6 is 0 Å². The molecule has 0 aliphatic carbocycles. The van der Waals surface area contributed by atoms with Crippen molar-refractivity contribution in [2.45, 2.75) is 40.5 Å². The average Bonchev–Trinajstić information content (AvgIpc) is 2.73. The van der Waals surface area contributed by atoms with Gasteiger partial charge in [0.15, 0.2) is 0 Å². The van der Waals surface area contributed by atoms with E-state index in [-0.39, 0.29) is 36.7 Å². The number of amides is 3. The number of hydrogen-bond acceptors (Lipinski definition) is 4. The van der Waals surface area contributed by atoms with E-state index in [2.05, 4.69) is 16.0 Å². The Morgan fingerprint density at radius 1 is 0.879 bits per heavy atom. The van der Waals surface area contributed by atoms with Gasteiger partial charge in [0.05, 0.1) is 13.1 Å². The number of aryl methyl sites for hydroxylation is 4. The SMILES string of the molecule is Cc1cccc(C)c1NC(=O)CN(CC(=O)Nc1c(C)cccc1C)CC1CCNC(=O)C1. The maximum absolute atomic E-state index is 12.9. The summed E-state index contributed by atoms with van der Waals surface area (Å²) >= 11 is 0. The molecule has 1 aliphatic heterocycles. The Morgan fingerprint density at radius 3 is 1.76 bits per heavy atom. The van der Waals surface area contributed by atoms with Crippen molar-refractivity contribution in [1.29, 1.82) is 0 Å². The van der Waals surface area contributed by atoms with Crippen LogP contribution in [0.3, 0.4) is 0 Å². The molecule has 2 aromatic carbocycles. The summed E-state index contributed by atoms with van der Waals surface area (Å²) in [5, 5.41) is 8.85. The number of rotatable bonds is 8. The fourth-order valence-electron chi connectivity index (χ4n) is 4.35. The van der Waals surface area contributed by atoms with Crippen LogP contribution < -0.4 is 16.0 Å². The van der Waals surface area contributed by atoms with Crippen LogP contribution in [0.2, 0.25) is 0 Å². The number of carbonyl (C=O) groups is 3. The number of nitrogens with one attached hydrogen (secondary N) is 3. The van der Waals surface area contributed by atoms with Crippen molar-refractivity contribution < 1.29 is 14.4 Å². The topological polar surface area (TPSA) is 90.5 Å². The molecule has 0 aromatic heterocycles. The molecule has 3 amide bonds. The highest BCUT2D eigenvalue weighted by atomic mass is 16.2. The second-order valence-electron chi connectivity index (χ2n) is 9.01. The second kappa shape index (κ2) is 11.1. The lowest BCUT2D eigenvalue weighted by Crippen LogP contribution is -2.44. The Hall–Kier alpha value is -3.19. The van der Waals surface area contributed by atoms with E-state index >= 15 is 0 Å². The first-order valence-electron chi connectivity index (χ1n) is 11.4. The van der Waals surface area contributed by atoms with Crippen LogP contribution in [0.25, 0.3) is 0 Å². The lowest BCUT2D eigenvalue weighted by molar-refractivity contribution is -0.123. The Labute approximate surface area is 195 Å². The third-order valence-electron chi connectivity index (χ3n) is 6.09. The molecule has 0 radical (unpaired) electrons. The molecule has 7 nitrogen and oxygen atoms in total. The maximum atomic E-state index is 12.9. The van der Waals surface area contributed by atoms with Crippen molar-refractivity contribution in [1.82, 2.24) is 10.2 Å². The third kappa shape index (κ3) is 6.89. The number of anilines is 2. The van der Waals surface area contributed by atoms with Gasteiger partial charge >= 0.3 is 0 Å². The van der Waals surface area contributed by atoms with Crippen LogP contribution in [0.15, 0.2) is 36.4 Å². The van der Waals surface area contributed by atoms with Gasteiger partial charge in [0, 0.05) is 30.9 Å². The fourth-order valence-corrected chi connectivity index (χ4v) is 4.35. The van der Waals surface area contributed by atoms with E-state index in [0.29, 0.717) is 19.5 Å². The van der Waals surface area contributed by atoms with Crippen molar-refractivity contribution in [3.63, 3.8) is 0 Å². The predicted molar refractivity (Wildman–Crippen MR) is 131 cm³/mol. The van der Waals surface area contributed by atoms with Crippen LogP contribution in [0, 0.1) is 33.6 Å². The smallest absolute Gasteiger partial charge is 0.238 e. The molecule has 3 N–H and O–H groups in total. The number of hydrogen-bond donors (Lipinski definition) is 3. The van der Waals surface area contributed by atoms with Gasteiger partial charge in [-0.15, -0.1) is 0 Å². The van der Waals surface area contributed by atoms with E-state index in [1.165, 1.54) is 0 Å². The summed E-state index contributed by atoms with van der Waals surface area (Å²) in [5.74, 6) is -0.217. The molecule has 3 rings (SSSR count). The highest BCUT2D eigenvalue weighted by Gasteiger charge is 2.24. The normalized spacial score (nSPS) is 15.8. The first-order chi connectivity index (χ1) is 15.7. The van der Waals surface area contributed by atoms with Crippen LogP contribution in [-0.4, -0.2) is 48.8 Å². The number of para-hydroxylation sites is 2. The zero-order valence-corrected chi connectivity index (χ0v) is 20.0. The maximum Gasteiger partial charge on any atom is 0.238 e. The molecular weight excluding hydrogens is 416 g/mol. The molecular formula is C26H34N4O3. The molecule has 0 bridgehead atoms. The van der Waals surface area contributed by atoms with Crippen LogP contribution in [0.4, 0.5) is 11.4 Å². The Bertz CT molecular complexity index is 926. The summed E-state index contributed by atoms with van der Waals surface area (Å²) in [5.41, 5.74) is 5.58. The monoisotopic (exact) mass is 450 g/mol. The van der Waals surface area contributed by atoms with Crippen molar-refractivity contribution in [2.24, 2.45) is 5.92 Å². The minimum absolute atomic E-state index is 0.0196. The largest absolute Gasteiger partial charge is 0.356 e. The lowest BCUT2D eigenvalue weighted by Gasteiger charge is -2.29. The summed E-state index contributed by atoms with van der Waals surface area (Å²) in [4.78, 5) is 39.5. The molecule has 0 spiro atoms. The minimum Gasteiger partial charge on any atom is -0.356 e. The number of piperidine rings is 1. The first kappa shape index (κ1) is 24.5. The lowest BCUT2D eigenvalue weighted by atomic mass is 9.97. The highest BCUT2D eigenvalue weighted by Crippen LogP contribution is 2.21. The first-order valence-corrected chi connectivity index (χ1v) is 11.4. The van der Waals surface area contributed by atoms with Gasteiger partial charge < -0.3 is 16.0 Å². The van der Waals surface area contributed by atoms with Crippen LogP contribution in [0.1, 0.15) is 35.1 Å². The van der Waals surface area contributed by atoms with Gasteiger partial charge in [0.25, 0.3) is 0 Å².